The van der Waals surface area contributed by atoms with E-state index >= 15 is 0 Å². The van der Waals surface area contributed by atoms with Gasteiger partial charge in [-0.2, -0.15) is 4.99 Å². The number of hydrogen-bond donors (Lipinski definition) is 1. The molecule has 2 rings (SSSR count). The Morgan fingerprint density at radius 2 is 2.33 bits per heavy atom. The van der Waals surface area contributed by atoms with Crippen molar-refractivity contribution in [1.29, 1.82) is 0 Å². The van der Waals surface area contributed by atoms with Crippen molar-refractivity contribution in [3.63, 3.8) is 0 Å². The highest BCUT2D eigenvalue weighted by Crippen LogP contribution is 2.41. The Bertz CT molecular complexity index is 312. The Balaban J connectivity index is 2.14. The third-order valence-corrected chi connectivity index (χ3v) is 3.59. The number of amides is 1. The monoisotopic (exact) mass is 210 g/mol. The number of hydrogen-bond acceptors (Lipinski definition) is 3. The summed E-state index contributed by atoms with van der Waals surface area (Å²) in [7, 11) is 0. The lowest BCUT2D eigenvalue weighted by molar-refractivity contribution is -0.135. The van der Waals surface area contributed by atoms with E-state index in [0.29, 0.717) is 11.8 Å². The van der Waals surface area contributed by atoms with Crippen molar-refractivity contribution < 1.29 is 9.53 Å². The summed E-state index contributed by atoms with van der Waals surface area (Å²) in [6.45, 7) is 4.38. The van der Waals surface area contributed by atoms with E-state index in [1.54, 1.807) is 0 Å². The maximum atomic E-state index is 11.7. The van der Waals surface area contributed by atoms with Gasteiger partial charge in [0.25, 0.3) is 11.9 Å². The summed E-state index contributed by atoms with van der Waals surface area (Å²) < 4.78 is 5.46. The first-order chi connectivity index (χ1) is 7.03. The van der Waals surface area contributed by atoms with Crippen molar-refractivity contribution >= 4 is 11.9 Å². The molecule has 15 heavy (non-hydrogen) atoms. The molecule has 4 heteroatoms. The summed E-state index contributed by atoms with van der Waals surface area (Å²) in [5, 5.41) is 0. The highest BCUT2D eigenvalue weighted by molar-refractivity contribution is 6.00. The van der Waals surface area contributed by atoms with Gasteiger partial charge in [0.1, 0.15) is 0 Å². The summed E-state index contributed by atoms with van der Waals surface area (Å²) in [5.41, 5.74) is 4.75. The molecule has 4 nitrogen and oxygen atoms in total. The highest BCUT2D eigenvalue weighted by Gasteiger charge is 2.49. The number of nitrogens with zero attached hydrogens (tertiary/aromatic N) is 1. The van der Waals surface area contributed by atoms with Crippen LogP contribution in [0.2, 0.25) is 0 Å². The average Bonchev–Trinajstić information content (AvgIpc) is 2.41. The Morgan fingerprint density at radius 3 is 2.87 bits per heavy atom. The van der Waals surface area contributed by atoms with Gasteiger partial charge in [0.2, 0.25) is 0 Å². The van der Waals surface area contributed by atoms with E-state index in [1.807, 2.05) is 0 Å². The number of rotatable bonds is 1. The Hall–Kier alpha value is -1.06. The van der Waals surface area contributed by atoms with Crippen LogP contribution in [0, 0.1) is 11.8 Å². The number of aliphatic imine (C=N–C) groups is 1. The fraction of sp³-hybridized carbons (Fsp3) is 0.818. The van der Waals surface area contributed by atoms with Gasteiger partial charge in [-0.05, 0) is 37.5 Å². The fourth-order valence-electron chi connectivity index (χ4n) is 2.60. The van der Waals surface area contributed by atoms with Gasteiger partial charge in [-0.3, -0.25) is 4.79 Å². The molecule has 2 atom stereocenters. The van der Waals surface area contributed by atoms with Gasteiger partial charge in [-0.15, -0.1) is 0 Å². The largest absolute Gasteiger partial charge is 0.448 e. The van der Waals surface area contributed by atoms with E-state index in [-0.39, 0.29) is 11.9 Å². The zero-order valence-corrected chi connectivity index (χ0v) is 9.32. The van der Waals surface area contributed by atoms with Gasteiger partial charge in [0, 0.05) is 0 Å². The zero-order valence-electron chi connectivity index (χ0n) is 9.32. The topological polar surface area (TPSA) is 64.7 Å². The van der Waals surface area contributed by atoms with Crippen LogP contribution in [0.15, 0.2) is 4.99 Å². The molecule has 2 aliphatic rings. The third-order valence-electron chi connectivity index (χ3n) is 3.59. The second-order valence-electron chi connectivity index (χ2n) is 4.95. The molecule has 1 amide bonds. The van der Waals surface area contributed by atoms with E-state index in [1.165, 1.54) is 6.42 Å². The van der Waals surface area contributed by atoms with E-state index < -0.39 is 5.60 Å². The molecule has 0 aromatic rings. The number of carbonyl (C=O) groups is 1. The minimum Gasteiger partial charge on any atom is -0.448 e. The van der Waals surface area contributed by atoms with Crippen LogP contribution in [-0.2, 0) is 9.53 Å². The SMILES string of the molecule is CC(C)C1CCCC2(C1)OC(N)=NC2=O. The Morgan fingerprint density at radius 1 is 1.60 bits per heavy atom. The van der Waals surface area contributed by atoms with Crippen LogP contribution >= 0.6 is 0 Å². The number of carbonyl (C=O) groups excluding carboxylic acids is 1. The molecule has 0 bridgehead atoms. The Labute approximate surface area is 89.9 Å². The first kappa shape index (κ1) is 10.5. The summed E-state index contributed by atoms with van der Waals surface area (Å²) in [6.07, 6.45) is 3.74. The van der Waals surface area contributed by atoms with Crippen molar-refractivity contribution in [1.82, 2.24) is 0 Å². The lowest BCUT2D eigenvalue weighted by atomic mass is 9.73. The molecule has 2 unspecified atom stereocenters. The summed E-state index contributed by atoms with van der Waals surface area (Å²) in [6, 6.07) is 0.0457. The minimum absolute atomic E-state index is 0.0457. The molecule has 2 N–H and O–H groups in total. The molecule has 0 aromatic heterocycles. The Kier molecular flexibility index (Phi) is 2.44. The summed E-state index contributed by atoms with van der Waals surface area (Å²) in [4.78, 5) is 15.4. The first-order valence-electron chi connectivity index (χ1n) is 5.61. The van der Waals surface area contributed by atoms with Crippen LogP contribution < -0.4 is 5.73 Å². The van der Waals surface area contributed by atoms with E-state index in [0.717, 1.165) is 19.3 Å². The van der Waals surface area contributed by atoms with E-state index in [2.05, 4.69) is 18.8 Å². The molecular weight excluding hydrogens is 192 g/mol. The number of ether oxygens (including phenoxy) is 1. The van der Waals surface area contributed by atoms with Crippen LogP contribution in [0.4, 0.5) is 0 Å². The molecule has 1 fully saturated rings. The predicted molar refractivity (Wildman–Crippen MR) is 57.2 cm³/mol. The average molecular weight is 210 g/mol. The lowest BCUT2D eigenvalue weighted by Crippen LogP contribution is -2.43. The van der Waals surface area contributed by atoms with Crippen LogP contribution in [0.25, 0.3) is 0 Å². The van der Waals surface area contributed by atoms with E-state index in [9.17, 15) is 4.79 Å². The molecule has 1 aliphatic heterocycles. The van der Waals surface area contributed by atoms with Crippen molar-refractivity contribution in [3.8, 4) is 0 Å². The highest BCUT2D eigenvalue weighted by atomic mass is 16.5. The van der Waals surface area contributed by atoms with Crippen molar-refractivity contribution in [2.45, 2.75) is 45.1 Å². The van der Waals surface area contributed by atoms with Gasteiger partial charge in [-0.1, -0.05) is 13.8 Å². The maximum Gasteiger partial charge on any atom is 0.294 e. The molecular formula is C11H18N2O2. The summed E-state index contributed by atoms with van der Waals surface area (Å²) in [5.74, 6) is 0.953. The van der Waals surface area contributed by atoms with E-state index in [4.69, 9.17) is 10.5 Å². The van der Waals surface area contributed by atoms with Gasteiger partial charge >= 0.3 is 0 Å². The molecule has 0 saturated heterocycles. The second-order valence-corrected chi connectivity index (χ2v) is 4.95. The molecule has 1 aliphatic carbocycles. The fourth-order valence-corrected chi connectivity index (χ4v) is 2.60. The van der Waals surface area contributed by atoms with Crippen molar-refractivity contribution in [3.05, 3.63) is 0 Å². The lowest BCUT2D eigenvalue weighted by Gasteiger charge is -2.36. The molecule has 84 valence electrons. The minimum atomic E-state index is -0.711. The first-order valence-corrected chi connectivity index (χ1v) is 5.61. The predicted octanol–water partition coefficient (Wildman–Crippen LogP) is 1.44. The molecule has 1 saturated carbocycles. The van der Waals surface area contributed by atoms with Crippen molar-refractivity contribution in [2.24, 2.45) is 22.6 Å². The summed E-state index contributed by atoms with van der Waals surface area (Å²) >= 11 is 0. The second kappa shape index (κ2) is 3.51. The van der Waals surface area contributed by atoms with Crippen molar-refractivity contribution in [2.75, 3.05) is 0 Å². The zero-order chi connectivity index (χ0) is 11.1. The van der Waals surface area contributed by atoms with Gasteiger partial charge < -0.3 is 10.5 Å². The molecule has 1 spiro atoms. The number of nitrogens with two attached hydrogens (primary N) is 1. The smallest absolute Gasteiger partial charge is 0.294 e. The molecule has 0 aromatic carbocycles. The molecule has 0 radical (unpaired) electrons. The molecule has 1 heterocycles. The maximum absolute atomic E-state index is 11.7. The normalized spacial score (nSPS) is 35.8. The van der Waals surface area contributed by atoms with Crippen LogP contribution in [-0.4, -0.2) is 17.5 Å². The van der Waals surface area contributed by atoms with Crippen LogP contribution in [0.3, 0.4) is 0 Å². The standard InChI is InChI=1S/C11H18N2O2/c1-7(2)8-4-3-5-11(6-8)9(14)13-10(12)15-11/h7-8H,3-6H2,1-2H3,(H2,12,13,14). The third kappa shape index (κ3) is 1.73. The number of amidine groups is 1. The van der Waals surface area contributed by atoms with Gasteiger partial charge in [0.05, 0.1) is 0 Å². The van der Waals surface area contributed by atoms with Gasteiger partial charge in [-0.25, -0.2) is 0 Å². The van der Waals surface area contributed by atoms with Crippen LogP contribution in [0.1, 0.15) is 39.5 Å². The van der Waals surface area contributed by atoms with Gasteiger partial charge in [0.15, 0.2) is 5.60 Å². The quantitative estimate of drug-likeness (QED) is 0.712. The van der Waals surface area contributed by atoms with Crippen LogP contribution in [0.5, 0.6) is 0 Å².